The number of hydrogen-bond acceptors (Lipinski definition) is 3. The second-order valence-corrected chi connectivity index (χ2v) is 7.63. The Morgan fingerprint density at radius 2 is 1.92 bits per heavy atom. The highest BCUT2D eigenvalue weighted by Crippen LogP contribution is 2.32. The fraction of sp³-hybridized carbons (Fsp3) is 0.650. The van der Waals surface area contributed by atoms with Crippen molar-refractivity contribution in [3.05, 3.63) is 35.9 Å². The van der Waals surface area contributed by atoms with Crippen LogP contribution in [0, 0.1) is 17.8 Å². The maximum atomic E-state index is 12.7. The lowest BCUT2D eigenvalue weighted by Crippen LogP contribution is -2.39. The monoisotopic (exact) mass is 401 g/mol. The molecule has 2 fully saturated rings. The predicted molar refractivity (Wildman–Crippen MR) is 112 cm³/mol. The van der Waals surface area contributed by atoms with E-state index in [0.717, 1.165) is 45.4 Å². The van der Waals surface area contributed by atoms with Gasteiger partial charge in [-0.1, -0.05) is 36.8 Å². The van der Waals surface area contributed by atoms with Gasteiger partial charge in [0, 0.05) is 32.6 Å². The van der Waals surface area contributed by atoms with E-state index >= 15 is 0 Å². The topological polar surface area (TPSA) is 49.6 Å². The van der Waals surface area contributed by atoms with Crippen molar-refractivity contribution in [1.82, 2.24) is 9.80 Å². The number of nitrogens with zero attached hydrogens (tertiary/aromatic N) is 2. The van der Waals surface area contributed by atoms with Crippen LogP contribution in [-0.4, -0.2) is 48.9 Å². The van der Waals surface area contributed by atoms with Crippen molar-refractivity contribution in [1.29, 1.82) is 0 Å². The Hall–Kier alpha value is -0.810. The van der Waals surface area contributed by atoms with Crippen molar-refractivity contribution in [2.75, 3.05) is 33.2 Å². The number of amides is 1. The van der Waals surface area contributed by atoms with E-state index in [-0.39, 0.29) is 30.7 Å². The molecule has 0 spiro atoms. The molecule has 26 heavy (non-hydrogen) atoms. The van der Waals surface area contributed by atoms with Crippen molar-refractivity contribution >= 4 is 30.7 Å². The van der Waals surface area contributed by atoms with E-state index in [1.807, 2.05) is 11.9 Å². The normalized spacial score (nSPS) is 25.4. The molecule has 0 radical (unpaired) electrons. The quantitative estimate of drug-likeness (QED) is 0.795. The number of rotatable bonds is 6. The third kappa shape index (κ3) is 5.85. The molecule has 2 N–H and O–H groups in total. The van der Waals surface area contributed by atoms with Crippen molar-refractivity contribution in [3.63, 3.8) is 0 Å². The van der Waals surface area contributed by atoms with E-state index in [2.05, 4.69) is 35.2 Å². The molecule has 1 saturated carbocycles. The Balaban J connectivity index is 0.00000169. The molecular formula is C20H33Cl2N3O. The lowest BCUT2D eigenvalue weighted by atomic mass is 9.94. The summed E-state index contributed by atoms with van der Waals surface area (Å²) in [6.45, 7) is 4.79. The standard InChI is InChI=1S/C20H31N3O.2ClH/c1-22(20(24)19-9-5-8-18(19)12-21)13-17-10-11-23(15-17)14-16-6-3-2-4-7-16;;/h2-4,6-7,17-19H,5,8-15,21H2,1H3;2*1H/t17?,18-,19-;;/m1../s1. The summed E-state index contributed by atoms with van der Waals surface area (Å²) >= 11 is 0. The van der Waals surface area contributed by atoms with Crippen molar-refractivity contribution in [2.45, 2.75) is 32.2 Å². The molecule has 3 rings (SSSR count). The van der Waals surface area contributed by atoms with E-state index in [9.17, 15) is 4.79 Å². The van der Waals surface area contributed by atoms with Crippen LogP contribution in [0.2, 0.25) is 0 Å². The molecule has 0 aromatic heterocycles. The molecular weight excluding hydrogens is 369 g/mol. The van der Waals surface area contributed by atoms with Gasteiger partial charge < -0.3 is 10.6 Å². The summed E-state index contributed by atoms with van der Waals surface area (Å²) in [5.74, 6) is 1.49. The van der Waals surface area contributed by atoms with Gasteiger partial charge in [-0.3, -0.25) is 9.69 Å². The number of benzene rings is 1. The first-order valence-electron chi connectivity index (χ1n) is 9.38. The third-order valence-corrected chi connectivity index (χ3v) is 5.81. The summed E-state index contributed by atoms with van der Waals surface area (Å²) in [6, 6.07) is 10.6. The molecule has 4 nitrogen and oxygen atoms in total. The maximum absolute atomic E-state index is 12.7. The van der Waals surface area contributed by atoms with Gasteiger partial charge in [-0.25, -0.2) is 0 Å². The first-order chi connectivity index (χ1) is 11.7. The first kappa shape index (κ1) is 23.2. The van der Waals surface area contributed by atoms with Gasteiger partial charge in [0.2, 0.25) is 5.91 Å². The van der Waals surface area contributed by atoms with Crippen LogP contribution >= 0.6 is 24.8 Å². The van der Waals surface area contributed by atoms with Gasteiger partial charge in [-0.15, -0.1) is 24.8 Å². The average molecular weight is 402 g/mol. The van der Waals surface area contributed by atoms with Crippen molar-refractivity contribution in [2.24, 2.45) is 23.5 Å². The Kier molecular flexibility index (Phi) is 9.94. The fourth-order valence-corrected chi connectivity index (χ4v) is 4.45. The van der Waals surface area contributed by atoms with Gasteiger partial charge in [-0.05, 0) is 49.8 Å². The minimum Gasteiger partial charge on any atom is -0.345 e. The fourth-order valence-electron chi connectivity index (χ4n) is 4.45. The van der Waals surface area contributed by atoms with E-state index in [1.165, 1.54) is 12.0 Å². The molecule has 0 bridgehead atoms. The van der Waals surface area contributed by atoms with E-state index in [0.29, 0.717) is 24.3 Å². The zero-order valence-electron chi connectivity index (χ0n) is 15.7. The lowest BCUT2D eigenvalue weighted by Gasteiger charge is -2.27. The van der Waals surface area contributed by atoms with Gasteiger partial charge >= 0.3 is 0 Å². The summed E-state index contributed by atoms with van der Waals surface area (Å²) in [5.41, 5.74) is 7.21. The van der Waals surface area contributed by atoms with Gasteiger partial charge in [0.1, 0.15) is 0 Å². The van der Waals surface area contributed by atoms with E-state index in [1.54, 1.807) is 0 Å². The average Bonchev–Trinajstić information content (AvgIpc) is 3.24. The van der Waals surface area contributed by atoms with Gasteiger partial charge in [0.15, 0.2) is 0 Å². The predicted octanol–water partition coefficient (Wildman–Crippen LogP) is 3.19. The van der Waals surface area contributed by atoms with Crippen LogP contribution in [-0.2, 0) is 11.3 Å². The number of nitrogens with two attached hydrogens (primary N) is 1. The number of halogens is 2. The van der Waals surface area contributed by atoms with Crippen molar-refractivity contribution < 1.29 is 4.79 Å². The summed E-state index contributed by atoms with van der Waals surface area (Å²) in [4.78, 5) is 17.2. The van der Waals surface area contributed by atoms with Gasteiger partial charge in [-0.2, -0.15) is 0 Å². The molecule has 2 aliphatic rings. The molecule has 1 aliphatic heterocycles. The molecule has 1 aromatic rings. The minimum atomic E-state index is 0. The zero-order valence-corrected chi connectivity index (χ0v) is 17.3. The van der Waals surface area contributed by atoms with Crippen LogP contribution in [0.3, 0.4) is 0 Å². The van der Waals surface area contributed by atoms with Gasteiger partial charge in [0.05, 0.1) is 0 Å². The SMILES string of the molecule is CN(CC1CCN(Cc2ccccc2)C1)C(=O)[C@@H]1CCC[C@@H]1CN.Cl.Cl. The van der Waals surface area contributed by atoms with Crippen LogP contribution in [0.15, 0.2) is 30.3 Å². The van der Waals surface area contributed by atoms with Crippen LogP contribution < -0.4 is 5.73 Å². The second-order valence-electron chi connectivity index (χ2n) is 7.63. The van der Waals surface area contributed by atoms with Crippen LogP contribution in [0.1, 0.15) is 31.2 Å². The molecule has 1 unspecified atom stereocenters. The molecule has 148 valence electrons. The highest BCUT2D eigenvalue weighted by Gasteiger charge is 2.34. The largest absolute Gasteiger partial charge is 0.345 e. The van der Waals surface area contributed by atoms with E-state index in [4.69, 9.17) is 5.73 Å². The molecule has 3 atom stereocenters. The zero-order chi connectivity index (χ0) is 16.9. The first-order valence-corrected chi connectivity index (χ1v) is 9.38. The molecule has 1 aliphatic carbocycles. The van der Waals surface area contributed by atoms with Crippen LogP contribution in [0.5, 0.6) is 0 Å². The van der Waals surface area contributed by atoms with Crippen molar-refractivity contribution in [3.8, 4) is 0 Å². The molecule has 6 heteroatoms. The minimum absolute atomic E-state index is 0. The Morgan fingerprint density at radius 3 is 2.62 bits per heavy atom. The molecule has 1 saturated heterocycles. The summed E-state index contributed by atoms with van der Waals surface area (Å²) in [7, 11) is 1.98. The second kappa shape index (κ2) is 11.1. The molecule has 1 aromatic carbocycles. The van der Waals surface area contributed by atoms with Gasteiger partial charge in [0.25, 0.3) is 0 Å². The van der Waals surface area contributed by atoms with Crippen LogP contribution in [0.4, 0.5) is 0 Å². The Morgan fingerprint density at radius 1 is 1.19 bits per heavy atom. The summed E-state index contributed by atoms with van der Waals surface area (Å²) in [5, 5.41) is 0. The maximum Gasteiger partial charge on any atom is 0.225 e. The van der Waals surface area contributed by atoms with Crippen LogP contribution in [0.25, 0.3) is 0 Å². The lowest BCUT2D eigenvalue weighted by molar-refractivity contribution is -0.135. The van der Waals surface area contributed by atoms with E-state index < -0.39 is 0 Å². The number of carbonyl (C=O) groups is 1. The molecule has 1 heterocycles. The summed E-state index contributed by atoms with van der Waals surface area (Å²) in [6.07, 6.45) is 4.49. The highest BCUT2D eigenvalue weighted by molar-refractivity contribution is 5.85. The Labute approximate surface area is 170 Å². The number of hydrogen-bond donors (Lipinski definition) is 1. The molecule has 1 amide bonds. The number of likely N-dealkylation sites (tertiary alicyclic amines) is 1. The number of carbonyl (C=O) groups excluding carboxylic acids is 1. The third-order valence-electron chi connectivity index (χ3n) is 5.81. The summed E-state index contributed by atoms with van der Waals surface area (Å²) < 4.78 is 0. The smallest absolute Gasteiger partial charge is 0.225 e. The highest BCUT2D eigenvalue weighted by atomic mass is 35.5. The Bertz CT molecular complexity index is 543.